The highest BCUT2D eigenvalue weighted by Crippen LogP contribution is 2.27. The number of halogens is 5. The molecule has 15 heteroatoms. The number of pyridine rings is 2. The van der Waals surface area contributed by atoms with Gasteiger partial charge in [-0.3, -0.25) is 4.90 Å². The van der Waals surface area contributed by atoms with Crippen LogP contribution in [0.4, 0.5) is 33.5 Å². The van der Waals surface area contributed by atoms with E-state index in [9.17, 15) is 35.2 Å². The van der Waals surface area contributed by atoms with Crippen molar-refractivity contribution in [1.82, 2.24) is 14.9 Å². The van der Waals surface area contributed by atoms with E-state index in [0.717, 1.165) is 55.8 Å². The van der Waals surface area contributed by atoms with Crippen LogP contribution >= 0.6 is 0 Å². The van der Waals surface area contributed by atoms with Crippen LogP contribution in [0.5, 0.6) is 0 Å². The molecule has 214 valence electrons. The largest absolute Gasteiger partial charge is 0.493 e. The summed E-state index contributed by atoms with van der Waals surface area (Å²) >= 11 is 0. The Bertz CT molecular complexity index is 1500. The van der Waals surface area contributed by atoms with Gasteiger partial charge in [-0.1, -0.05) is 22.7 Å². The Labute approximate surface area is 226 Å². The summed E-state index contributed by atoms with van der Waals surface area (Å²) in [5.41, 5.74) is 1.63. The van der Waals surface area contributed by atoms with Crippen LogP contribution in [-0.2, 0) is 32.7 Å². The molecule has 1 N–H and O–H groups in total. The Balaban J connectivity index is 1.59. The van der Waals surface area contributed by atoms with Crippen LogP contribution in [0, 0.1) is 18.7 Å². The SMILES string of the molecule is Cc1nc(S(=O)(=O)N(OC(=O)C(F)(F)F)c2cccc(F)n2)ccc1NCc1c(F)cccc1CN1CCCC1. The molecule has 9 nitrogen and oxygen atoms in total. The number of alkyl halides is 3. The average molecular weight is 586 g/mol. The summed E-state index contributed by atoms with van der Waals surface area (Å²) < 4.78 is 92.9. The summed E-state index contributed by atoms with van der Waals surface area (Å²) in [5, 5.41) is 2.20. The maximum absolute atomic E-state index is 14.7. The number of carbonyl (C=O) groups excluding carboxylic acids is 1. The molecular formula is C25H24F5N5O4S. The highest BCUT2D eigenvalue weighted by molar-refractivity contribution is 7.92. The van der Waals surface area contributed by atoms with E-state index in [1.165, 1.54) is 19.1 Å². The fourth-order valence-corrected chi connectivity index (χ4v) is 5.29. The number of nitrogens with zero attached hydrogens (tertiary/aromatic N) is 4. The number of nitrogens with one attached hydrogen (secondary N) is 1. The van der Waals surface area contributed by atoms with Crippen LogP contribution in [0.25, 0.3) is 0 Å². The first-order valence-corrected chi connectivity index (χ1v) is 13.5. The summed E-state index contributed by atoms with van der Waals surface area (Å²) in [6.45, 7) is 3.88. The van der Waals surface area contributed by atoms with E-state index in [0.29, 0.717) is 17.8 Å². The highest BCUT2D eigenvalue weighted by atomic mass is 32.2. The lowest BCUT2D eigenvalue weighted by Gasteiger charge is -2.22. The highest BCUT2D eigenvalue weighted by Gasteiger charge is 2.45. The van der Waals surface area contributed by atoms with Gasteiger partial charge in [0.15, 0.2) is 10.8 Å². The zero-order valence-corrected chi connectivity index (χ0v) is 21.9. The Morgan fingerprint density at radius 3 is 2.40 bits per heavy atom. The standard InChI is InChI=1S/C25H24F5N5O4S/c1-16-20(31-14-18-17(6-4-7-19(18)26)15-34-12-2-3-13-34)10-11-23(32-16)40(37,38)35(39-24(36)25(28,29)30)22-9-5-8-21(27)33-22/h4-11,31H,2-3,12-15H2,1H3. The van der Waals surface area contributed by atoms with Gasteiger partial charge < -0.3 is 10.2 Å². The number of rotatable bonds is 9. The van der Waals surface area contributed by atoms with Crippen molar-refractivity contribution >= 4 is 27.5 Å². The van der Waals surface area contributed by atoms with Crippen molar-refractivity contribution in [2.75, 3.05) is 22.9 Å². The molecule has 1 aliphatic heterocycles. The number of carbonyl (C=O) groups is 1. The van der Waals surface area contributed by atoms with Crippen LogP contribution in [0.2, 0.25) is 0 Å². The molecule has 1 saturated heterocycles. The van der Waals surface area contributed by atoms with E-state index in [-0.39, 0.29) is 12.2 Å². The van der Waals surface area contributed by atoms with Gasteiger partial charge in [0, 0.05) is 18.7 Å². The number of aryl methyl sites for hydroxylation is 1. The summed E-state index contributed by atoms with van der Waals surface area (Å²) in [4.78, 5) is 24.9. The van der Waals surface area contributed by atoms with Crippen molar-refractivity contribution < 1.29 is 40.0 Å². The molecule has 1 fully saturated rings. The lowest BCUT2D eigenvalue weighted by atomic mass is 10.1. The Kier molecular flexibility index (Phi) is 8.54. The van der Waals surface area contributed by atoms with Gasteiger partial charge in [0.25, 0.3) is 0 Å². The Hall–Kier alpha value is -3.85. The van der Waals surface area contributed by atoms with Crippen molar-refractivity contribution in [2.45, 2.75) is 44.1 Å². The van der Waals surface area contributed by atoms with Gasteiger partial charge in [0.2, 0.25) is 5.95 Å². The van der Waals surface area contributed by atoms with E-state index in [4.69, 9.17) is 0 Å². The number of benzene rings is 1. The van der Waals surface area contributed by atoms with Crippen LogP contribution in [-0.4, -0.2) is 48.5 Å². The van der Waals surface area contributed by atoms with Crippen LogP contribution in [0.3, 0.4) is 0 Å². The molecule has 2 aromatic heterocycles. The monoisotopic (exact) mass is 585 g/mol. The fourth-order valence-electron chi connectivity index (χ4n) is 4.11. The molecule has 3 aromatic rings. The molecule has 0 spiro atoms. The molecule has 0 unspecified atom stereocenters. The molecule has 0 aliphatic carbocycles. The fraction of sp³-hybridized carbons (Fsp3) is 0.320. The zero-order valence-electron chi connectivity index (χ0n) is 21.1. The van der Waals surface area contributed by atoms with Gasteiger partial charge in [-0.25, -0.2) is 14.2 Å². The third-order valence-electron chi connectivity index (χ3n) is 6.09. The lowest BCUT2D eigenvalue weighted by Crippen LogP contribution is -2.39. The quantitative estimate of drug-likeness (QED) is 0.223. The molecule has 0 amide bonds. The van der Waals surface area contributed by atoms with E-state index >= 15 is 0 Å². The molecular weight excluding hydrogens is 561 g/mol. The third kappa shape index (κ3) is 6.65. The lowest BCUT2D eigenvalue weighted by molar-refractivity contribution is -0.199. The van der Waals surface area contributed by atoms with Crippen molar-refractivity contribution in [1.29, 1.82) is 0 Å². The number of sulfonamides is 1. The van der Waals surface area contributed by atoms with E-state index in [2.05, 4.69) is 25.0 Å². The van der Waals surface area contributed by atoms with Gasteiger partial charge in [-0.15, -0.1) is 0 Å². The normalized spacial score (nSPS) is 14.2. The summed E-state index contributed by atoms with van der Waals surface area (Å²) in [7, 11) is -5.10. The predicted octanol–water partition coefficient (Wildman–Crippen LogP) is 4.49. The van der Waals surface area contributed by atoms with Gasteiger partial charge >= 0.3 is 22.2 Å². The summed E-state index contributed by atoms with van der Waals surface area (Å²) in [6.07, 6.45) is -3.41. The van der Waals surface area contributed by atoms with Crippen LogP contribution in [0.15, 0.2) is 53.6 Å². The molecule has 0 atom stereocenters. The van der Waals surface area contributed by atoms with Crippen molar-refractivity contribution in [3.63, 3.8) is 0 Å². The minimum atomic E-state index is -5.56. The maximum atomic E-state index is 14.7. The van der Waals surface area contributed by atoms with Gasteiger partial charge in [0.05, 0.1) is 11.4 Å². The van der Waals surface area contributed by atoms with E-state index in [1.54, 1.807) is 6.07 Å². The molecule has 0 radical (unpaired) electrons. The minimum absolute atomic E-state index is 0.0486. The Morgan fingerprint density at radius 1 is 1.05 bits per heavy atom. The average Bonchev–Trinajstić information content (AvgIpc) is 3.40. The van der Waals surface area contributed by atoms with Gasteiger partial charge in [-0.2, -0.15) is 31.0 Å². The summed E-state index contributed by atoms with van der Waals surface area (Å²) in [6, 6.07) is 9.63. The molecule has 4 rings (SSSR count). The number of hydrogen-bond acceptors (Lipinski definition) is 8. The second-order valence-corrected chi connectivity index (χ2v) is 10.6. The minimum Gasteiger partial charge on any atom is -0.379 e. The van der Waals surface area contributed by atoms with Crippen molar-refractivity contribution in [3.8, 4) is 0 Å². The first-order chi connectivity index (χ1) is 18.9. The summed E-state index contributed by atoms with van der Waals surface area (Å²) in [5.74, 6) is -5.46. The van der Waals surface area contributed by atoms with Gasteiger partial charge in [0.1, 0.15) is 5.82 Å². The second kappa shape index (κ2) is 11.7. The van der Waals surface area contributed by atoms with Gasteiger partial charge in [-0.05, 0) is 68.8 Å². The number of anilines is 2. The van der Waals surface area contributed by atoms with Crippen LogP contribution < -0.4 is 9.79 Å². The molecule has 1 aromatic carbocycles. The zero-order chi connectivity index (χ0) is 29.1. The molecule has 0 bridgehead atoms. The Morgan fingerprint density at radius 2 is 1.75 bits per heavy atom. The van der Waals surface area contributed by atoms with Crippen molar-refractivity contribution in [2.24, 2.45) is 0 Å². The number of likely N-dealkylation sites (tertiary alicyclic amines) is 1. The third-order valence-corrected chi connectivity index (χ3v) is 7.55. The smallest absolute Gasteiger partial charge is 0.379 e. The van der Waals surface area contributed by atoms with Crippen LogP contribution in [0.1, 0.15) is 29.7 Å². The first kappa shape index (κ1) is 29.1. The second-order valence-electron chi connectivity index (χ2n) is 8.92. The molecule has 40 heavy (non-hydrogen) atoms. The number of aromatic nitrogens is 2. The maximum Gasteiger partial charge on any atom is 0.493 e. The first-order valence-electron chi connectivity index (χ1n) is 12.0. The molecule has 0 saturated carbocycles. The number of hydrogen-bond donors (Lipinski definition) is 1. The van der Waals surface area contributed by atoms with E-state index < -0.39 is 49.2 Å². The molecule has 1 aliphatic rings. The van der Waals surface area contributed by atoms with E-state index in [1.807, 2.05) is 6.07 Å². The predicted molar refractivity (Wildman–Crippen MR) is 133 cm³/mol. The topological polar surface area (TPSA) is 105 Å². The van der Waals surface area contributed by atoms with Crippen molar-refractivity contribution in [3.05, 3.63) is 77.1 Å². The molecule has 3 heterocycles.